The highest BCUT2D eigenvalue weighted by Crippen LogP contribution is 2.18. The van der Waals surface area contributed by atoms with E-state index in [1.807, 2.05) is 42.0 Å². The number of hydrogen-bond donors (Lipinski definition) is 1. The Balaban J connectivity index is 1.54. The predicted molar refractivity (Wildman–Crippen MR) is 92.3 cm³/mol. The average Bonchev–Trinajstić information content (AvgIpc) is 3.25. The van der Waals surface area contributed by atoms with Crippen LogP contribution in [0.5, 0.6) is 0 Å². The van der Waals surface area contributed by atoms with Gasteiger partial charge < -0.3 is 14.4 Å². The van der Waals surface area contributed by atoms with Crippen LogP contribution in [0, 0.1) is 6.92 Å². The number of benzene rings is 1. The second-order valence-electron chi connectivity index (χ2n) is 5.73. The summed E-state index contributed by atoms with van der Waals surface area (Å²) in [7, 11) is 0. The molecule has 4 aromatic rings. The van der Waals surface area contributed by atoms with Crippen LogP contribution in [0.2, 0.25) is 0 Å². The molecule has 0 saturated carbocycles. The monoisotopic (exact) mass is 333 g/mol. The number of fused-ring (bicyclic) bond motifs is 1. The summed E-state index contributed by atoms with van der Waals surface area (Å²) in [6.07, 6.45) is 6.87. The van der Waals surface area contributed by atoms with E-state index in [0.717, 1.165) is 16.6 Å². The van der Waals surface area contributed by atoms with Crippen LogP contribution < -0.4 is 5.32 Å². The molecule has 0 aliphatic carbocycles. The number of pyridine rings is 1. The van der Waals surface area contributed by atoms with Crippen molar-refractivity contribution in [2.24, 2.45) is 0 Å². The Kier molecular flexibility index (Phi) is 3.74. The van der Waals surface area contributed by atoms with E-state index in [9.17, 15) is 4.79 Å². The van der Waals surface area contributed by atoms with Crippen LogP contribution in [0.15, 0.2) is 59.8 Å². The third kappa shape index (κ3) is 3.12. The Morgan fingerprint density at radius 2 is 2.24 bits per heavy atom. The van der Waals surface area contributed by atoms with E-state index in [2.05, 4.69) is 20.4 Å². The summed E-state index contributed by atoms with van der Waals surface area (Å²) in [4.78, 5) is 20.7. The fourth-order valence-corrected chi connectivity index (χ4v) is 2.61. The summed E-state index contributed by atoms with van der Waals surface area (Å²) in [6.45, 7) is 2.51. The zero-order valence-corrected chi connectivity index (χ0v) is 13.5. The van der Waals surface area contributed by atoms with Crippen molar-refractivity contribution < 1.29 is 9.32 Å². The van der Waals surface area contributed by atoms with Crippen molar-refractivity contribution in [3.8, 4) is 0 Å². The Labute approximate surface area is 143 Å². The number of carbonyl (C=O) groups is 1. The third-order valence-corrected chi connectivity index (χ3v) is 3.88. The minimum atomic E-state index is -0.227. The molecule has 1 N–H and O–H groups in total. The second kappa shape index (κ2) is 6.20. The highest BCUT2D eigenvalue weighted by Gasteiger charge is 2.12. The second-order valence-corrected chi connectivity index (χ2v) is 5.73. The van der Waals surface area contributed by atoms with E-state index >= 15 is 0 Å². The molecule has 0 fully saturated rings. The van der Waals surface area contributed by atoms with Crippen LogP contribution in [0.3, 0.4) is 0 Å². The molecule has 0 unspecified atom stereocenters. The van der Waals surface area contributed by atoms with Gasteiger partial charge in [-0.25, -0.2) is 9.97 Å². The van der Waals surface area contributed by atoms with Crippen molar-refractivity contribution in [3.63, 3.8) is 0 Å². The lowest BCUT2D eigenvalue weighted by Gasteiger charge is -2.08. The molecule has 0 radical (unpaired) electrons. The molecule has 0 saturated heterocycles. The van der Waals surface area contributed by atoms with Gasteiger partial charge in [-0.3, -0.25) is 4.79 Å². The molecule has 4 rings (SSSR count). The van der Waals surface area contributed by atoms with Gasteiger partial charge >= 0.3 is 0 Å². The van der Waals surface area contributed by atoms with E-state index < -0.39 is 0 Å². The molecule has 7 heteroatoms. The number of imidazole rings is 1. The molecule has 0 atom stereocenters. The molecular weight excluding hydrogens is 318 g/mol. The van der Waals surface area contributed by atoms with E-state index in [1.165, 1.54) is 6.20 Å². The number of rotatable bonds is 4. The molecule has 1 aromatic carbocycles. The van der Waals surface area contributed by atoms with Crippen molar-refractivity contribution in [3.05, 3.63) is 72.1 Å². The molecule has 3 aromatic heterocycles. The maximum atomic E-state index is 12.5. The largest absolute Gasteiger partial charge is 0.336 e. The van der Waals surface area contributed by atoms with Crippen LogP contribution in [0.1, 0.15) is 21.6 Å². The van der Waals surface area contributed by atoms with E-state index in [-0.39, 0.29) is 5.91 Å². The highest BCUT2D eigenvalue weighted by molar-refractivity contribution is 6.05. The van der Waals surface area contributed by atoms with Crippen molar-refractivity contribution in [1.29, 1.82) is 0 Å². The summed E-state index contributed by atoms with van der Waals surface area (Å²) in [5.74, 6) is -0.227. The first-order chi connectivity index (χ1) is 12.2. The Morgan fingerprint density at radius 1 is 1.32 bits per heavy atom. The standard InChI is InChI=1S/C18H15N5O2/c1-12-16-8-14(9-20-18(16)25-22-12)17(24)21-15-4-2-3-13(7-15)10-23-6-5-19-11-23/h2-9,11H,10H2,1H3,(H,21,24). The first-order valence-corrected chi connectivity index (χ1v) is 7.77. The normalized spacial score (nSPS) is 10.9. The van der Waals surface area contributed by atoms with Crippen molar-refractivity contribution in [1.82, 2.24) is 19.7 Å². The van der Waals surface area contributed by atoms with E-state index in [1.54, 1.807) is 18.6 Å². The molecular formula is C18H15N5O2. The lowest BCUT2D eigenvalue weighted by Crippen LogP contribution is -2.12. The number of aromatic nitrogens is 4. The zero-order valence-electron chi connectivity index (χ0n) is 13.5. The molecule has 0 aliphatic heterocycles. The average molecular weight is 333 g/mol. The van der Waals surface area contributed by atoms with Gasteiger partial charge in [-0.1, -0.05) is 17.3 Å². The van der Waals surface area contributed by atoms with Gasteiger partial charge in [0.25, 0.3) is 11.6 Å². The smallest absolute Gasteiger partial charge is 0.257 e. The zero-order chi connectivity index (χ0) is 17.2. The molecule has 0 spiro atoms. The van der Waals surface area contributed by atoms with Crippen molar-refractivity contribution >= 4 is 22.7 Å². The van der Waals surface area contributed by atoms with Crippen molar-refractivity contribution in [2.45, 2.75) is 13.5 Å². The lowest BCUT2D eigenvalue weighted by atomic mass is 10.1. The lowest BCUT2D eigenvalue weighted by molar-refractivity contribution is 0.102. The highest BCUT2D eigenvalue weighted by atomic mass is 16.5. The summed E-state index contributed by atoms with van der Waals surface area (Å²) >= 11 is 0. The van der Waals surface area contributed by atoms with E-state index in [0.29, 0.717) is 23.5 Å². The van der Waals surface area contributed by atoms with Gasteiger partial charge in [0, 0.05) is 30.8 Å². The number of hydrogen-bond acceptors (Lipinski definition) is 5. The third-order valence-electron chi connectivity index (χ3n) is 3.88. The maximum absolute atomic E-state index is 12.5. The van der Waals surface area contributed by atoms with Crippen LogP contribution in [-0.2, 0) is 6.54 Å². The number of anilines is 1. The quantitative estimate of drug-likeness (QED) is 0.620. The van der Waals surface area contributed by atoms with Gasteiger partial charge in [0.2, 0.25) is 0 Å². The molecule has 25 heavy (non-hydrogen) atoms. The fraction of sp³-hybridized carbons (Fsp3) is 0.111. The Hall–Kier alpha value is -3.48. The predicted octanol–water partition coefficient (Wildman–Crippen LogP) is 3.03. The van der Waals surface area contributed by atoms with Gasteiger partial charge in [0.15, 0.2) is 0 Å². The van der Waals surface area contributed by atoms with Gasteiger partial charge in [-0.15, -0.1) is 0 Å². The molecule has 7 nitrogen and oxygen atoms in total. The SMILES string of the molecule is Cc1noc2ncc(C(=O)Nc3cccc(Cn4ccnc4)c3)cc12. The van der Waals surface area contributed by atoms with Crippen molar-refractivity contribution in [2.75, 3.05) is 5.32 Å². The van der Waals surface area contributed by atoms with Crippen LogP contribution >= 0.6 is 0 Å². The van der Waals surface area contributed by atoms with Crippen LogP contribution in [0.4, 0.5) is 5.69 Å². The first-order valence-electron chi connectivity index (χ1n) is 7.77. The molecule has 1 amide bonds. The summed E-state index contributed by atoms with van der Waals surface area (Å²) in [6, 6.07) is 9.44. The minimum Gasteiger partial charge on any atom is -0.336 e. The minimum absolute atomic E-state index is 0.227. The van der Waals surface area contributed by atoms with Crippen LogP contribution in [-0.4, -0.2) is 25.6 Å². The first kappa shape index (κ1) is 15.1. The molecule has 3 heterocycles. The number of nitrogens with one attached hydrogen (secondary N) is 1. The summed E-state index contributed by atoms with van der Waals surface area (Å²) in [5.41, 5.74) is 3.39. The summed E-state index contributed by atoms with van der Waals surface area (Å²) in [5, 5.41) is 7.49. The summed E-state index contributed by atoms with van der Waals surface area (Å²) < 4.78 is 7.03. The number of amides is 1. The van der Waals surface area contributed by atoms with E-state index in [4.69, 9.17) is 4.52 Å². The Bertz CT molecular complexity index is 1040. The van der Waals surface area contributed by atoms with Gasteiger partial charge in [-0.05, 0) is 30.7 Å². The van der Waals surface area contributed by atoms with Gasteiger partial charge in [0.05, 0.1) is 23.0 Å². The fourth-order valence-electron chi connectivity index (χ4n) is 2.61. The number of carbonyl (C=O) groups excluding carboxylic acids is 1. The molecule has 0 aliphatic rings. The number of nitrogens with zero attached hydrogens (tertiary/aromatic N) is 4. The maximum Gasteiger partial charge on any atom is 0.257 e. The molecule has 0 bridgehead atoms. The molecule has 124 valence electrons. The number of aryl methyl sites for hydroxylation is 1. The van der Waals surface area contributed by atoms with Crippen LogP contribution in [0.25, 0.3) is 11.1 Å². The Morgan fingerprint density at radius 3 is 3.08 bits per heavy atom. The van der Waals surface area contributed by atoms with Gasteiger partial charge in [0.1, 0.15) is 0 Å². The van der Waals surface area contributed by atoms with Gasteiger partial charge in [-0.2, -0.15) is 0 Å². The topological polar surface area (TPSA) is 85.8 Å².